The van der Waals surface area contributed by atoms with E-state index in [1.54, 1.807) is 0 Å². The number of aromatic nitrogens is 4. The summed E-state index contributed by atoms with van der Waals surface area (Å²) in [4.78, 5) is 10.4. The van der Waals surface area contributed by atoms with E-state index in [9.17, 15) is 0 Å². The second kappa shape index (κ2) is 10.8. The molecule has 2 heterocycles. The zero-order valence-electron chi connectivity index (χ0n) is 19.5. The normalized spacial score (nSPS) is 17.9. The lowest BCUT2D eigenvalue weighted by Crippen LogP contribution is -2.33. The third-order valence-electron chi connectivity index (χ3n) is 6.31. The summed E-state index contributed by atoms with van der Waals surface area (Å²) in [7, 11) is 0. The van der Waals surface area contributed by atoms with Crippen molar-refractivity contribution in [2.75, 3.05) is 10.0 Å². The summed E-state index contributed by atoms with van der Waals surface area (Å²) < 4.78 is 3.20. The molecule has 1 saturated carbocycles. The summed E-state index contributed by atoms with van der Waals surface area (Å²) in [5, 5.41) is 14.0. The summed E-state index contributed by atoms with van der Waals surface area (Å²) >= 11 is 7.63. The van der Waals surface area contributed by atoms with Gasteiger partial charge in [0.15, 0.2) is 5.82 Å². The number of nitrogens with one attached hydrogen (secondary N) is 2. The van der Waals surface area contributed by atoms with Crippen molar-refractivity contribution in [1.82, 2.24) is 20.2 Å². The third kappa shape index (κ3) is 5.66. The number of hydrogen-bond acceptors (Lipinski definition) is 8. The molecule has 4 aromatic rings. The number of anilines is 2. The molecule has 5 rings (SSSR count). The van der Waals surface area contributed by atoms with Crippen molar-refractivity contribution in [2.45, 2.75) is 56.0 Å². The van der Waals surface area contributed by atoms with Crippen LogP contribution in [0.2, 0.25) is 5.02 Å². The van der Waals surface area contributed by atoms with Gasteiger partial charge in [-0.2, -0.15) is 0 Å². The fourth-order valence-corrected chi connectivity index (χ4v) is 5.21. The van der Waals surface area contributed by atoms with Crippen molar-refractivity contribution in [1.29, 1.82) is 0 Å². The van der Waals surface area contributed by atoms with Gasteiger partial charge in [-0.05, 0) is 86.0 Å². The second-order valence-electron chi connectivity index (χ2n) is 8.81. The Kier molecular flexibility index (Phi) is 7.32. The van der Waals surface area contributed by atoms with Crippen LogP contribution < -0.4 is 15.8 Å². The third-order valence-corrected chi connectivity index (χ3v) is 7.64. The van der Waals surface area contributed by atoms with E-state index < -0.39 is 0 Å². The van der Waals surface area contributed by atoms with E-state index in [4.69, 9.17) is 22.3 Å². The Labute approximate surface area is 214 Å². The molecule has 35 heavy (non-hydrogen) atoms. The number of nitrogens with zero attached hydrogens (tertiary/aromatic N) is 4. The zero-order valence-corrected chi connectivity index (χ0v) is 21.1. The van der Waals surface area contributed by atoms with Crippen molar-refractivity contribution in [3.63, 3.8) is 0 Å². The highest BCUT2D eigenvalue weighted by Gasteiger charge is 2.19. The predicted octanol–water partition coefficient (Wildman–Crippen LogP) is 6.10. The molecule has 2 aromatic carbocycles. The lowest BCUT2D eigenvalue weighted by Gasteiger charge is -2.26. The molecule has 0 aliphatic heterocycles. The quantitative estimate of drug-likeness (QED) is 0.259. The fraction of sp³-hybridized carbons (Fsp3) is 0.308. The van der Waals surface area contributed by atoms with E-state index in [2.05, 4.69) is 44.3 Å². The number of halogens is 1. The van der Waals surface area contributed by atoms with Crippen LogP contribution in [0.5, 0.6) is 0 Å². The Morgan fingerprint density at radius 1 is 1.06 bits per heavy atom. The van der Waals surface area contributed by atoms with Gasteiger partial charge in [-0.25, -0.2) is 9.97 Å². The van der Waals surface area contributed by atoms with E-state index in [0.717, 1.165) is 64.7 Å². The minimum Gasteiger partial charge on any atom is -0.351 e. The Balaban J connectivity index is 1.33. The number of nitrogens with two attached hydrogens (primary N) is 1. The second-order valence-corrected chi connectivity index (χ2v) is 10.1. The molecule has 1 fully saturated rings. The lowest BCUT2D eigenvalue weighted by molar-refractivity contribution is 0.410. The standard InChI is InChI=1S/C26H28ClN7S/c1-2-16-13-17(22-11-12-24(33-32-22)34-35-23-6-4-3-5-21(23)27)14-18-15-29-26(31-25(16)18)30-20-9-7-19(28)8-10-20/h3-6,11-15,19-20H,2,7-10,28H2,1H3,(H,33,34)(H,29,30,31)/t19-,20-. The number of fused-ring (bicyclic) bond motifs is 1. The SMILES string of the molecule is CCc1cc(-c2ccc(NSc3ccccc3Cl)nn2)cc2cnc(N[C@H]3CC[C@H](N)CC3)nc12. The molecule has 0 amide bonds. The Morgan fingerprint density at radius 3 is 2.63 bits per heavy atom. The van der Waals surface area contributed by atoms with Gasteiger partial charge in [-0.1, -0.05) is 30.7 Å². The first-order valence-electron chi connectivity index (χ1n) is 11.9. The van der Waals surface area contributed by atoms with Gasteiger partial charge in [0.05, 0.1) is 16.2 Å². The predicted molar refractivity (Wildman–Crippen MR) is 145 cm³/mol. The van der Waals surface area contributed by atoms with Crippen LogP contribution in [0.25, 0.3) is 22.2 Å². The minimum absolute atomic E-state index is 0.324. The first kappa shape index (κ1) is 23.8. The van der Waals surface area contributed by atoms with Crippen LogP contribution in [0.4, 0.5) is 11.8 Å². The van der Waals surface area contributed by atoms with Gasteiger partial charge < -0.3 is 15.8 Å². The van der Waals surface area contributed by atoms with Crippen LogP contribution in [0.1, 0.15) is 38.2 Å². The number of rotatable bonds is 7. The summed E-state index contributed by atoms with van der Waals surface area (Å²) in [6.07, 6.45) is 6.96. The molecule has 180 valence electrons. The maximum Gasteiger partial charge on any atom is 0.223 e. The highest BCUT2D eigenvalue weighted by molar-refractivity contribution is 8.00. The smallest absolute Gasteiger partial charge is 0.223 e. The number of aryl methyl sites for hydroxylation is 1. The Hall–Kier alpha value is -2.94. The van der Waals surface area contributed by atoms with Gasteiger partial charge in [0.2, 0.25) is 5.95 Å². The molecule has 2 aromatic heterocycles. The van der Waals surface area contributed by atoms with Gasteiger partial charge in [0, 0.05) is 34.1 Å². The molecule has 0 unspecified atom stereocenters. The first-order valence-corrected chi connectivity index (χ1v) is 13.1. The topological polar surface area (TPSA) is 102 Å². The van der Waals surface area contributed by atoms with Crippen molar-refractivity contribution in [3.05, 3.63) is 65.3 Å². The van der Waals surface area contributed by atoms with E-state index in [-0.39, 0.29) is 0 Å². The average Bonchev–Trinajstić information content (AvgIpc) is 2.89. The molecular weight excluding hydrogens is 478 g/mol. The molecule has 1 aliphatic carbocycles. The van der Waals surface area contributed by atoms with Crippen molar-refractivity contribution in [2.24, 2.45) is 5.73 Å². The van der Waals surface area contributed by atoms with E-state index in [1.807, 2.05) is 42.6 Å². The van der Waals surface area contributed by atoms with Crippen LogP contribution in [0, 0.1) is 0 Å². The molecule has 7 nitrogen and oxygen atoms in total. The van der Waals surface area contributed by atoms with Gasteiger partial charge in [-0.15, -0.1) is 10.2 Å². The summed E-state index contributed by atoms with van der Waals surface area (Å²) in [6.45, 7) is 2.14. The van der Waals surface area contributed by atoms with Gasteiger partial charge in [0.25, 0.3) is 0 Å². The van der Waals surface area contributed by atoms with Crippen LogP contribution >= 0.6 is 23.5 Å². The summed E-state index contributed by atoms with van der Waals surface area (Å²) in [5.74, 6) is 1.35. The maximum absolute atomic E-state index is 6.22. The van der Waals surface area contributed by atoms with E-state index >= 15 is 0 Å². The summed E-state index contributed by atoms with van der Waals surface area (Å²) in [5.41, 5.74) is 9.97. The molecule has 0 spiro atoms. The molecule has 0 atom stereocenters. The average molecular weight is 506 g/mol. The van der Waals surface area contributed by atoms with Crippen LogP contribution in [-0.4, -0.2) is 32.2 Å². The maximum atomic E-state index is 6.22. The molecular formula is C26H28ClN7S. The number of hydrogen-bond donors (Lipinski definition) is 3. The molecule has 4 N–H and O–H groups in total. The Morgan fingerprint density at radius 2 is 1.89 bits per heavy atom. The molecule has 0 saturated heterocycles. The highest BCUT2D eigenvalue weighted by Crippen LogP contribution is 2.29. The Bertz CT molecular complexity index is 1310. The molecule has 1 aliphatic rings. The largest absolute Gasteiger partial charge is 0.351 e. The molecule has 0 radical (unpaired) electrons. The number of benzene rings is 2. The highest BCUT2D eigenvalue weighted by atomic mass is 35.5. The molecule has 0 bridgehead atoms. The molecule has 9 heteroatoms. The fourth-order valence-electron chi connectivity index (χ4n) is 4.33. The van der Waals surface area contributed by atoms with Crippen molar-refractivity contribution < 1.29 is 0 Å². The summed E-state index contributed by atoms with van der Waals surface area (Å²) in [6, 6.07) is 16.5. The van der Waals surface area contributed by atoms with Gasteiger partial charge in [0.1, 0.15) is 0 Å². The zero-order chi connectivity index (χ0) is 24.2. The van der Waals surface area contributed by atoms with Crippen molar-refractivity contribution in [3.8, 4) is 11.3 Å². The van der Waals surface area contributed by atoms with Crippen LogP contribution in [0.15, 0.2) is 59.6 Å². The van der Waals surface area contributed by atoms with Crippen molar-refractivity contribution >= 4 is 46.2 Å². The van der Waals surface area contributed by atoms with Gasteiger partial charge in [-0.3, -0.25) is 0 Å². The lowest BCUT2D eigenvalue weighted by atomic mass is 9.92. The van der Waals surface area contributed by atoms with E-state index in [0.29, 0.717) is 28.9 Å². The van der Waals surface area contributed by atoms with Gasteiger partial charge >= 0.3 is 0 Å². The minimum atomic E-state index is 0.324. The van der Waals surface area contributed by atoms with Crippen LogP contribution in [0.3, 0.4) is 0 Å². The van der Waals surface area contributed by atoms with Crippen LogP contribution in [-0.2, 0) is 6.42 Å². The van der Waals surface area contributed by atoms with E-state index in [1.165, 1.54) is 11.9 Å². The first-order chi connectivity index (χ1) is 17.1. The monoisotopic (exact) mass is 505 g/mol.